The molecule has 0 bridgehead atoms. The van der Waals surface area contributed by atoms with Crippen LogP contribution in [0.5, 0.6) is 0 Å². The number of likely N-dealkylation sites (tertiary alicyclic amines) is 1. The normalized spacial score (nSPS) is 22.8. The number of alkyl halides is 3. The third kappa shape index (κ3) is 5.26. The second kappa shape index (κ2) is 9.84. The van der Waals surface area contributed by atoms with E-state index in [1.807, 2.05) is 0 Å². The highest BCUT2D eigenvalue weighted by Gasteiger charge is 2.36. The van der Waals surface area contributed by atoms with Crippen molar-refractivity contribution in [2.45, 2.75) is 37.9 Å². The molecule has 2 aromatic carbocycles. The fourth-order valence-electron chi connectivity index (χ4n) is 5.73. The molecule has 0 aliphatic carbocycles. The van der Waals surface area contributed by atoms with Gasteiger partial charge >= 0.3 is 6.18 Å². The van der Waals surface area contributed by atoms with Crippen molar-refractivity contribution < 1.29 is 27.2 Å². The topological polar surface area (TPSA) is 43.9 Å². The first kappa shape index (κ1) is 24.7. The Morgan fingerprint density at radius 2 is 1.75 bits per heavy atom. The van der Waals surface area contributed by atoms with Crippen LogP contribution < -0.4 is 4.90 Å². The second-order valence-corrected chi connectivity index (χ2v) is 10.1. The number of hydrogen-bond acceptors (Lipinski definition) is 4. The summed E-state index contributed by atoms with van der Waals surface area (Å²) in [5.41, 5.74) is 0.802. The second-order valence-electron chi connectivity index (χ2n) is 10.1. The number of carbonyl (C=O) groups excluding carboxylic acids is 2. The predicted molar refractivity (Wildman–Crippen MR) is 127 cm³/mol. The molecule has 5 rings (SSSR count). The zero-order chi connectivity index (χ0) is 25.4. The Morgan fingerprint density at radius 3 is 2.50 bits per heavy atom. The molecule has 36 heavy (non-hydrogen) atoms. The number of carbonyl (C=O) groups is 2. The van der Waals surface area contributed by atoms with Gasteiger partial charge < -0.3 is 9.80 Å². The van der Waals surface area contributed by atoms with Crippen molar-refractivity contribution in [2.24, 2.45) is 5.92 Å². The van der Waals surface area contributed by atoms with Gasteiger partial charge in [0, 0.05) is 49.9 Å². The Labute approximate surface area is 207 Å². The average Bonchev–Trinajstić information content (AvgIpc) is 3.50. The number of anilines is 1. The number of amides is 1. The van der Waals surface area contributed by atoms with Crippen molar-refractivity contribution in [3.8, 4) is 0 Å². The number of fused-ring (bicyclic) bond motifs is 1. The van der Waals surface area contributed by atoms with E-state index >= 15 is 0 Å². The van der Waals surface area contributed by atoms with Crippen molar-refractivity contribution in [3.05, 3.63) is 65.0 Å². The van der Waals surface area contributed by atoms with Gasteiger partial charge in [-0.25, -0.2) is 4.39 Å². The fourth-order valence-corrected chi connectivity index (χ4v) is 5.73. The minimum atomic E-state index is -4.52. The van der Waals surface area contributed by atoms with Gasteiger partial charge in [0.1, 0.15) is 5.82 Å². The lowest BCUT2D eigenvalue weighted by Crippen LogP contribution is -2.41. The van der Waals surface area contributed by atoms with E-state index in [1.165, 1.54) is 23.1 Å². The molecule has 2 unspecified atom stereocenters. The Kier molecular flexibility index (Phi) is 6.76. The zero-order valence-electron chi connectivity index (χ0n) is 19.9. The highest BCUT2D eigenvalue weighted by atomic mass is 19.4. The van der Waals surface area contributed by atoms with E-state index in [2.05, 4.69) is 9.80 Å². The minimum absolute atomic E-state index is 0.0443. The monoisotopic (exact) mass is 503 g/mol. The van der Waals surface area contributed by atoms with Crippen LogP contribution in [0.1, 0.15) is 40.7 Å². The van der Waals surface area contributed by atoms with Gasteiger partial charge in [0.25, 0.3) is 5.91 Å². The lowest BCUT2D eigenvalue weighted by molar-refractivity contribution is -0.137. The number of benzene rings is 2. The summed E-state index contributed by atoms with van der Waals surface area (Å²) in [5.74, 6) is -0.593. The summed E-state index contributed by atoms with van der Waals surface area (Å²) in [6, 6.07) is 10.2. The molecule has 2 atom stereocenters. The molecule has 2 saturated heterocycles. The first-order valence-electron chi connectivity index (χ1n) is 12.4. The molecule has 2 fully saturated rings. The van der Waals surface area contributed by atoms with Gasteiger partial charge in [-0.1, -0.05) is 6.07 Å². The van der Waals surface area contributed by atoms with Gasteiger partial charge in [0.05, 0.1) is 12.1 Å². The predicted octanol–water partition coefficient (Wildman–Crippen LogP) is 4.40. The van der Waals surface area contributed by atoms with E-state index in [1.54, 1.807) is 12.1 Å². The van der Waals surface area contributed by atoms with Gasteiger partial charge in [-0.3, -0.25) is 14.5 Å². The summed E-state index contributed by atoms with van der Waals surface area (Å²) >= 11 is 0. The van der Waals surface area contributed by atoms with Gasteiger partial charge in [-0.2, -0.15) is 13.2 Å². The third-order valence-electron chi connectivity index (χ3n) is 7.68. The molecule has 3 heterocycles. The van der Waals surface area contributed by atoms with Crippen LogP contribution in [0.4, 0.5) is 23.2 Å². The lowest BCUT2D eigenvalue weighted by Gasteiger charge is -2.29. The Morgan fingerprint density at radius 1 is 0.972 bits per heavy atom. The zero-order valence-corrected chi connectivity index (χ0v) is 19.9. The van der Waals surface area contributed by atoms with E-state index in [4.69, 9.17) is 0 Å². The first-order valence-corrected chi connectivity index (χ1v) is 12.4. The maximum Gasteiger partial charge on any atom is 0.416 e. The largest absolute Gasteiger partial charge is 0.416 e. The van der Waals surface area contributed by atoms with Crippen molar-refractivity contribution in [1.29, 1.82) is 0 Å². The molecule has 1 amide bonds. The average molecular weight is 504 g/mol. The molecular formula is C27H29F4N3O2. The van der Waals surface area contributed by atoms with Crippen LogP contribution in [0.2, 0.25) is 0 Å². The van der Waals surface area contributed by atoms with Gasteiger partial charge in [-0.15, -0.1) is 0 Å². The molecule has 0 radical (unpaired) electrons. The van der Waals surface area contributed by atoms with Crippen LogP contribution in [-0.2, 0) is 17.4 Å². The summed E-state index contributed by atoms with van der Waals surface area (Å²) in [4.78, 5) is 31.7. The molecule has 0 spiro atoms. The molecule has 3 aliphatic heterocycles. The number of ketones is 1. The van der Waals surface area contributed by atoms with E-state index in [0.717, 1.165) is 56.8 Å². The highest BCUT2D eigenvalue weighted by Crippen LogP contribution is 2.32. The van der Waals surface area contributed by atoms with E-state index in [-0.39, 0.29) is 29.6 Å². The van der Waals surface area contributed by atoms with E-state index in [0.29, 0.717) is 31.0 Å². The maximum absolute atomic E-state index is 13.2. The highest BCUT2D eigenvalue weighted by molar-refractivity contribution is 5.99. The number of hydrogen-bond donors (Lipinski definition) is 0. The van der Waals surface area contributed by atoms with Gasteiger partial charge in [0.15, 0.2) is 5.78 Å². The quantitative estimate of drug-likeness (QED) is 0.548. The molecule has 0 saturated carbocycles. The summed E-state index contributed by atoms with van der Waals surface area (Å²) in [7, 11) is 0. The molecule has 0 aromatic heterocycles. The van der Waals surface area contributed by atoms with E-state index in [9.17, 15) is 27.2 Å². The van der Waals surface area contributed by atoms with Gasteiger partial charge in [-0.05, 0) is 73.7 Å². The minimum Gasteiger partial charge on any atom is -0.370 e. The molecule has 192 valence electrons. The van der Waals surface area contributed by atoms with Crippen LogP contribution in [0.15, 0.2) is 42.5 Å². The van der Waals surface area contributed by atoms with Crippen molar-refractivity contribution in [2.75, 3.05) is 44.2 Å². The SMILES string of the molecule is O=C(CC1CCN(C2CCN(c3ccc(F)cc3)C2)C1)CN1CCc2ccc(C(F)(F)F)cc2C1=O. The summed E-state index contributed by atoms with van der Waals surface area (Å²) in [6.07, 6.45) is -1.79. The standard InChI is InChI=1S/C27H29F4N3O2/c28-21-3-5-22(6-4-21)33-12-9-23(16-33)32-10-7-18(15-32)13-24(35)17-34-11-8-19-1-2-20(27(29,30)31)14-25(19)26(34)36/h1-6,14,18,23H,7-13,15-17H2. The molecule has 0 N–H and O–H groups in total. The van der Waals surface area contributed by atoms with Crippen LogP contribution in [0.3, 0.4) is 0 Å². The summed E-state index contributed by atoms with van der Waals surface area (Å²) in [6.45, 7) is 3.78. The van der Waals surface area contributed by atoms with Crippen LogP contribution in [-0.4, -0.2) is 66.8 Å². The number of Topliss-reactive ketones (excluding diaryl/α,β-unsaturated/α-hetero) is 1. The number of nitrogens with zero attached hydrogens (tertiary/aromatic N) is 3. The Hall–Kier alpha value is -2.94. The summed E-state index contributed by atoms with van der Waals surface area (Å²) in [5, 5.41) is 0. The van der Waals surface area contributed by atoms with Crippen LogP contribution in [0.25, 0.3) is 0 Å². The molecule has 9 heteroatoms. The van der Waals surface area contributed by atoms with Crippen molar-refractivity contribution in [1.82, 2.24) is 9.80 Å². The molecular weight excluding hydrogens is 474 g/mol. The Bertz CT molecular complexity index is 1130. The smallest absolute Gasteiger partial charge is 0.370 e. The van der Waals surface area contributed by atoms with Gasteiger partial charge in [0.2, 0.25) is 0 Å². The first-order chi connectivity index (χ1) is 17.2. The lowest BCUT2D eigenvalue weighted by atomic mass is 9.95. The van der Waals surface area contributed by atoms with E-state index < -0.39 is 17.6 Å². The van der Waals surface area contributed by atoms with Crippen molar-refractivity contribution >= 4 is 17.4 Å². The Balaban J connectivity index is 1.12. The number of rotatable bonds is 6. The third-order valence-corrected chi connectivity index (χ3v) is 7.68. The van der Waals surface area contributed by atoms with Crippen LogP contribution >= 0.6 is 0 Å². The summed E-state index contributed by atoms with van der Waals surface area (Å²) < 4.78 is 52.5. The molecule has 5 nitrogen and oxygen atoms in total. The number of halogens is 4. The fraction of sp³-hybridized carbons (Fsp3) is 0.481. The molecule has 2 aromatic rings. The molecule has 3 aliphatic rings. The van der Waals surface area contributed by atoms with Crippen LogP contribution in [0, 0.1) is 11.7 Å². The van der Waals surface area contributed by atoms with Crippen molar-refractivity contribution in [3.63, 3.8) is 0 Å². The maximum atomic E-state index is 13.2.